The molecule has 2 spiro atoms. The Labute approximate surface area is 541 Å². The van der Waals surface area contributed by atoms with Crippen molar-refractivity contribution in [2.45, 2.75) is 10.8 Å². The molecule has 0 N–H and O–H groups in total. The van der Waals surface area contributed by atoms with E-state index in [1.807, 2.05) is 0 Å². The molecule has 2 aromatic heterocycles. The highest BCUT2D eigenvalue weighted by Crippen LogP contribution is 2.65. The van der Waals surface area contributed by atoms with Crippen molar-refractivity contribution >= 4 is 97.5 Å². The molecule has 4 aliphatic rings. The fraction of sp³-hybridized carbons (Fsp3) is 0.0217. The average Bonchev–Trinajstić information content (AvgIpc) is 1.48. The van der Waals surface area contributed by atoms with Crippen LogP contribution in [0.3, 0.4) is 0 Å². The predicted octanol–water partition coefficient (Wildman–Crippen LogP) is 23.4. The summed E-state index contributed by atoms with van der Waals surface area (Å²) in [4.78, 5) is 0. The second-order valence-corrected chi connectivity index (χ2v) is 26.7. The minimum atomic E-state index is -0.597. The summed E-state index contributed by atoms with van der Waals surface area (Å²) in [7, 11) is 0. The average molecular weight is 1190 g/mol. The molecule has 0 bridgehead atoms. The van der Waals surface area contributed by atoms with Crippen molar-refractivity contribution in [2.24, 2.45) is 0 Å². The number of fused-ring (bicyclic) bond motifs is 26. The van der Waals surface area contributed by atoms with Crippen LogP contribution in [0, 0.1) is 0 Å². The molecular weight excluding hydrogens is 1130 g/mol. The largest absolute Gasteiger partial charge is 0.309 e. The van der Waals surface area contributed by atoms with Gasteiger partial charge in [-0.1, -0.05) is 279 Å². The van der Waals surface area contributed by atoms with Crippen LogP contribution < -0.4 is 0 Å². The zero-order chi connectivity index (χ0) is 60.9. The molecule has 0 amide bonds. The first-order valence-electron chi connectivity index (χ1n) is 33.1. The highest BCUT2D eigenvalue weighted by Gasteiger charge is 2.53. The third kappa shape index (κ3) is 5.72. The summed E-state index contributed by atoms with van der Waals surface area (Å²) in [5, 5.41) is 17.7. The molecule has 430 valence electrons. The Morgan fingerprint density at radius 1 is 0.191 bits per heavy atom. The Morgan fingerprint density at radius 2 is 0.564 bits per heavy atom. The summed E-state index contributed by atoms with van der Waals surface area (Å²) in [6, 6.07) is 122. The number of hydrogen-bond donors (Lipinski definition) is 0. The summed E-state index contributed by atoms with van der Waals surface area (Å²) in [6.07, 6.45) is 0. The molecule has 19 aromatic rings. The lowest BCUT2D eigenvalue weighted by atomic mass is 9.65. The number of rotatable bonds is 3. The van der Waals surface area contributed by atoms with Gasteiger partial charge in [-0.25, -0.2) is 0 Å². The third-order valence-corrected chi connectivity index (χ3v) is 22.8. The quantitative estimate of drug-likeness (QED) is 0.123. The molecule has 2 atom stereocenters. The van der Waals surface area contributed by atoms with Crippen LogP contribution in [0.15, 0.2) is 315 Å². The van der Waals surface area contributed by atoms with E-state index in [1.54, 1.807) is 0 Å². The number of para-hydroxylation sites is 6. The van der Waals surface area contributed by atoms with E-state index in [0.29, 0.717) is 0 Å². The molecule has 2 nitrogen and oxygen atoms in total. The maximum Gasteiger partial charge on any atom is 0.0754 e. The van der Waals surface area contributed by atoms with Gasteiger partial charge in [0.2, 0.25) is 0 Å². The molecule has 2 unspecified atom stereocenters. The summed E-state index contributed by atoms with van der Waals surface area (Å²) < 4.78 is 5.10. The SMILES string of the molecule is c1ccc2c(c1)-c1c(-c3cccc4c(-c5cc6cccc7ccc8cccc5c8c76)c5cccc(-c6cccc7c6-c6ccccc6C76c7ccccc7-n7c8ccccc8c8cccc6c87)c5cc34)cccc1C21c2ccccc2-n2c3ccccc3c3cccc1c32. The van der Waals surface area contributed by atoms with Crippen molar-refractivity contribution in [3.8, 4) is 67.0 Å². The Morgan fingerprint density at radius 3 is 1.13 bits per heavy atom. The van der Waals surface area contributed by atoms with E-state index >= 15 is 0 Å². The molecule has 94 heavy (non-hydrogen) atoms. The smallest absolute Gasteiger partial charge is 0.0754 e. The summed E-state index contributed by atoms with van der Waals surface area (Å²) in [5.41, 5.74) is 29.4. The first kappa shape index (κ1) is 49.7. The van der Waals surface area contributed by atoms with Gasteiger partial charge in [0.1, 0.15) is 0 Å². The van der Waals surface area contributed by atoms with Crippen LogP contribution in [0.5, 0.6) is 0 Å². The van der Waals surface area contributed by atoms with Gasteiger partial charge in [-0.15, -0.1) is 0 Å². The van der Waals surface area contributed by atoms with E-state index in [1.165, 1.54) is 209 Å². The molecule has 2 heteroatoms. The number of benzene rings is 17. The van der Waals surface area contributed by atoms with Gasteiger partial charge in [0.05, 0.1) is 44.3 Å². The van der Waals surface area contributed by atoms with Crippen LogP contribution in [-0.2, 0) is 10.8 Å². The Balaban J connectivity index is 0.842. The maximum absolute atomic E-state index is 2.59. The van der Waals surface area contributed by atoms with Gasteiger partial charge < -0.3 is 9.13 Å². The van der Waals surface area contributed by atoms with Crippen LogP contribution in [0.2, 0.25) is 0 Å². The van der Waals surface area contributed by atoms with Gasteiger partial charge >= 0.3 is 0 Å². The van der Waals surface area contributed by atoms with Crippen LogP contribution in [0.25, 0.3) is 164 Å². The second-order valence-electron chi connectivity index (χ2n) is 26.7. The highest BCUT2D eigenvalue weighted by molar-refractivity contribution is 6.30. The summed E-state index contributed by atoms with van der Waals surface area (Å²) >= 11 is 0. The minimum absolute atomic E-state index is 0.597. The van der Waals surface area contributed by atoms with Gasteiger partial charge in [-0.2, -0.15) is 0 Å². The normalized spacial score (nSPS) is 16.2. The highest BCUT2D eigenvalue weighted by atomic mass is 15.0. The number of hydrogen-bond acceptors (Lipinski definition) is 0. The summed E-state index contributed by atoms with van der Waals surface area (Å²) in [6.45, 7) is 0. The minimum Gasteiger partial charge on any atom is -0.309 e. The molecule has 23 rings (SSSR count). The standard InChI is InChI=1S/C92H52N2/c1-5-37-72-67(26-1)87-60(33-17-41-76(87)91(72)74-39-7-11-47-82(74)93-80-45-9-3-24-58(80)65-35-19-43-78(91)89(65)93)56-28-15-31-62-69(56)52-70-57(29-16-32-63(70)86(62)71-51-55-23-13-21-53-49-50-54-22-14-30-64(71)85(54)84(53)55)61-34-18-42-77-88(61)68-27-2-6-38-73(68)92(77)75-40-8-12-48-83(75)94-81-46-10-4-25-59(81)66-36-20-44-79(92)90(66)94/h1-52H. The fourth-order valence-electron chi connectivity index (χ4n) is 19.6. The molecule has 0 saturated heterocycles. The van der Waals surface area contributed by atoms with E-state index < -0.39 is 10.8 Å². The van der Waals surface area contributed by atoms with Crippen LogP contribution in [0.1, 0.15) is 44.5 Å². The first-order chi connectivity index (χ1) is 46.7. The summed E-state index contributed by atoms with van der Waals surface area (Å²) in [5.74, 6) is 0. The topological polar surface area (TPSA) is 9.86 Å². The van der Waals surface area contributed by atoms with Crippen LogP contribution in [-0.4, -0.2) is 9.13 Å². The fourth-order valence-corrected chi connectivity index (χ4v) is 19.6. The third-order valence-electron chi connectivity index (χ3n) is 22.8. The Hall–Kier alpha value is -12.1. The molecule has 2 aliphatic carbocycles. The second kappa shape index (κ2) is 17.5. The van der Waals surface area contributed by atoms with Crippen molar-refractivity contribution in [3.63, 3.8) is 0 Å². The lowest BCUT2D eigenvalue weighted by Crippen LogP contribution is -2.33. The van der Waals surface area contributed by atoms with Crippen molar-refractivity contribution in [1.29, 1.82) is 0 Å². The molecule has 2 aliphatic heterocycles. The first-order valence-corrected chi connectivity index (χ1v) is 33.1. The van der Waals surface area contributed by atoms with E-state index in [2.05, 4.69) is 325 Å². The van der Waals surface area contributed by atoms with Crippen molar-refractivity contribution in [3.05, 3.63) is 360 Å². The molecule has 0 saturated carbocycles. The molecule has 0 radical (unpaired) electrons. The lowest BCUT2D eigenvalue weighted by Gasteiger charge is -2.39. The molecule has 4 heterocycles. The van der Waals surface area contributed by atoms with E-state index in [4.69, 9.17) is 0 Å². The van der Waals surface area contributed by atoms with Gasteiger partial charge in [0, 0.05) is 21.5 Å². The van der Waals surface area contributed by atoms with Gasteiger partial charge in [-0.3, -0.25) is 0 Å². The lowest BCUT2D eigenvalue weighted by molar-refractivity contribution is 0.748. The zero-order valence-electron chi connectivity index (χ0n) is 50.9. The van der Waals surface area contributed by atoms with Gasteiger partial charge in [0.25, 0.3) is 0 Å². The van der Waals surface area contributed by atoms with E-state index in [-0.39, 0.29) is 0 Å². The van der Waals surface area contributed by atoms with Gasteiger partial charge in [-0.05, 0) is 190 Å². The number of aromatic nitrogens is 2. The molecule has 17 aromatic carbocycles. The zero-order valence-corrected chi connectivity index (χ0v) is 50.9. The van der Waals surface area contributed by atoms with Crippen molar-refractivity contribution < 1.29 is 0 Å². The monoisotopic (exact) mass is 1180 g/mol. The molecular formula is C92H52N2. The predicted molar refractivity (Wildman–Crippen MR) is 392 cm³/mol. The Bertz CT molecular complexity index is 6360. The van der Waals surface area contributed by atoms with E-state index in [9.17, 15) is 0 Å². The van der Waals surface area contributed by atoms with Crippen molar-refractivity contribution in [2.75, 3.05) is 0 Å². The van der Waals surface area contributed by atoms with Gasteiger partial charge in [0.15, 0.2) is 0 Å². The Kier molecular flexibility index (Phi) is 9.23. The molecule has 0 fully saturated rings. The number of nitrogens with zero attached hydrogens (tertiary/aromatic N) is 2. The van der Waals surface area contributed by atoms with Crippen molar-refractivity contribution in [1.82, 2.24) is 9.13 Å². The van der Waals surface area contributed by atoms with Crippen LogP contribution >= 0.6 is 0 Å². The van der Waals surface area contributed by atoms with Crippen LogP contribution in [0.4, 0.5) is 0 Å². The maximum atomic E-state index is 2.59. The van der Waals surface area contributed by atoms with E-state index in [0.717, 1.165) is 0 Å².